The van der Waals surface area contributed by atoms with Crippen LogP contribution in [0.25, 0.3) is 0 Å². The molecule has 0 amide bonds. The third-order valence-electron chi connectivity index (χ3n) is 2.06. The first-order valence-corrected chi connectivity index (χ1v) is 8.00. The minimum atomic E-state index is -0.741. The molecule has 0 aromatic heterocycles. The average molecular weight is 230 g/mol. The molecule has 0 radical (unpaired) electrons. The molecule has 0 spiro atoms. The molecule has 0 bridgehead atoms. The van der Waals surface area contributed by atoms with Gasteiger partial charge in [-0.3, -0.25) is 4.79 Å². The number of carbonyl (C=O) groups is 1. The van der Waals surface area contributed by atoms with Gasteiger partial charge in [0.2, 0.25) is 15.2 Å². The van der Waals surface area contributed by atoms with E-state index in [2.05, 4.69) is 27.7 Å². The van der Waals surface area contributed by atoms with Gasteiger partial charge in [0.05, 0.1) is 5.92 Å². The van der Waals surface area contributed by atoms with Gasteiger partial charge >= 0.3 is 5.97 Å². The van der Waals surface area contributed by atoms with E-state index >= 15 is 0 Å². The van der Waals surface area contributed by atoms with E-state index in [1.54, 1.807) is 13.8 Å². The van der Waals surface area contributed by atoms with Crippen molar-refractivity contribution in [2.24, 2.45) is 17.8 Å². The smallest absolute Gasteiger partial charge is 0.305 e. The molecular weight excluding hydrogens is 203 g/mol. The SMILES string of the molecule is CC(C)C(=O)O.CC(C)[CH2][AlH][CH2]C(C)C. The van der Waals surface area contributed by atoms with Gasteiger partial charge in [-0.25, -0.2) is 0 Å². The minimum Gasteiger partial charge on any atom is -0.481 e. The lowest BCUT2D eigenvalue weighted by atomic mass is 10.2. The van der Waals surface area contributed by atoms with Gasteiger partial charge in [0, 0.05) is 0 Å². The summed E-state index contributed by atoms with van der Waals surface area (Å²) in [5.74, 6) is 0.936. The van der Waals surface area contributed by atoms with E-state index in [9.17, 15) is 4.79 Å². The van der Waals surface area contributed by atoms with Crippen molar-refractivity contribution in [2.45, 2.75) is 52.1 Å². The predicted molar refractivity (Wildman–Crippen MR) is 68.9 cm³/mol. The summed E-state index contributed by atoms with van der Waals surface area (Å²) in [6, 6.07) is 0. The summed E-state index contributed by atoms with van der Waals surface area (Å²) in [5, 5.41) is 11.1. The largest absolute Gasteiger partial charge is 0.481 e. The maximum atomic E-state index is 9.70. The lowest BCUT2D eigenvalue weighted by Gasteiger charge is -2.03. The minimum absolute atomic E-state index is 0.231. The van der Waals surface area contributed by atoms with E-state index in [0.717, 1.165) is 11.8 Å². The molecule has 0 saturated heterocycles. The van der Waals surface area contributed by atoms with Gasteiger partial charge in [0.15, 0.2) is 0 Å². The highest BCUT2D eigenvalue weighted by molar-refractivity contribution is 6.35. The van der Waals surface area contributed by atoms with Gasteiger partial charge < -0.3 is 5.11 Å². The van der Waals surface area contributed by atoms with Crippen molar-refractivity contribution in [1.29, 1.82) is 0 Å². The molecule has 0 heterocycles. The highest BCUT2D eigenvalue weighted by atomic mass is 27.1. The maximum Gasteiger partial charge on any atom is 0.305 e. The first kappa shape index (κ1) is 17.4. The zero-order valence-corrected chi connectivity index (χ0v) is 12.6. The quantitative estimate of drug-likeness (QED) is 0.736. The Kier molecular flexibility index (Phi) is 12.2. The average Bonchev–Trinajstić information content (AvgIpc) is 2.03. The normalized spacial score (nSPS) is 10.2. The Labute approximate surface area is 101 Å². The van der Waals surface area contributed by atoms with Crippen LogP contribution in [0.4, 0.5) is 0 Å². The van der Waals surface area contributed by atoms with Crippen molar-refractivity contribution < 1.29 is 9.90 Å². The van der Waals surface area contributed by atoms with E-state index < -0.39 is 5.97 Å². The Hall–Kier alpha value is 0.00247. The van der Waals surface area contributed by atoms with Crippen LogP contribution in [-0.4, -0.2) is 26.3 Å². The monoisotopic (exact) mass is 230 g/mol. The molecule has 0 saturated carbocycles. The summed E-state index contributed by atoms with van der Waals surface area (Å²) in [4.78, 5) is 9.70. The van der Waals surface area contributed by atoms with Gasteiger partial charge in [0.25, 0.3) is 0 Å². The van der Waals surface area contributed by atoms with Crippen LogP contribution in [0.1, 0.15) is 41.5 Å². The molecule has 90 valence electrons. The fourth-order valence-electron chi connectivity index (χ4n) is 0.934. The second-order valence-corrected chi connectivity index (χ2v) is 7.07. The molecule has 0 aliphatic rings. The summed E-state index contributed by atoms with van der Waals surface area (Å²) in [5.41, 5.74) is 0. The number of rotatable bonds is 5. The van der Waals surface area contributed by atoms with Crippen LogP contribution in [0, 0.1) is 17.8 Å². The van der Waals surface area contributed by atoms with E-state index in [1.807, 2.05) is 0 Å². The topological polar surface area (TPSA) is 37.3 Å². The fourth-order valence-corrected chi connectivity index (χ4v) is 2.80. The number of hydrogen-bond donors (Lipinski definition) is 1. The molecule has 0 unspecified atom stereocenters. The Morgan fingerprint density at radius 2 is 1.27 bits per heavy atom. The molecule has 1 N–H and O–H groups in total. The summed E-state index contributed by atoms with van der Waals surface area (Å²) in [6.45, 7) is 12.6. The first-order valence-electron chi connectivity index (χ1n) is 6.00. The number of carboxylic acids is 1. The lowest BCUT2D eigenvalue weighted by molar-refractivity contribution is -0.140. The van der Waals surface area contributed by atoms with Crippen LogP contribution in [0.3, 0.4) is 0 Å². The molecule has 0 fully saturated rings. The highest BCUT2D eigenvalue weighted by Crippen LogP contribution is 2.05. The Morgan fingerprint density at radius 1 is 1.00 bits per heavy atom. The highest BCUT2D eigenvalue weighted by Gasteiger charge is 2.00. The van der Waals surface area contributed by atoms with Crippen molar-refractivity contribution in [2.75, 3.05) is 0 Å². The van der Waals surface area contributed by atoms with Crippen molar-refractivity contribution in [3.05, 3.63) is 0 Å². The molecule has 3 heteroatoms. The molecule has 15 heavy (non-hydrogen) atoms. The number of hydrogen-bond acceptors (Lipinski definition) is 1. The molecule has 0 aromatic carbocycles. The second kappa shape index (κ2) is 10.5. The third-order valence-corrected chi connectivity index (χ3v) is 5.18. The van der Waals surface area contributed by atoms with Gasteiger partial charge in [-0.15, -0.1) is 0 Å². The molecule has 2 nitrogen and oxygen atoms in total. The van der Waals surface area contributed by atoms with Crippen LogP contribution in [0.2, 0.25) is 10.6 Å². The Balaban J connectivity index is 0. The summed E-state index contributed by atoms with van der Waals surface area (Å²) in [6.07, 6.45) is 0. The second-order valence-electron chi connectivity index (χ2n) is 5.21. The fraction of sp³-hybridized carbons (Fsp3) is 0.917. The number of aliphatic carboxylic acids is 1. The summed E-state index contributed by atoms with van der Waals surface area (Å²) >= 11 is 0.316. The van der Waals surface area contributed by atoms with Crippen LogP contribution >= 0.6 is 0 Å². The standard InChI is InChI=1S/C4H8O2.2C4H9.Al.H/c1-3(2)4(5)6;2*1-4(2)3;;/h3H,1-2H3,(H,5,6);2*4H,1H2,2-3H3;;. The molecule has 0 rings (SSSR count). The van der Waals surface area contributed by atoms with E-state index in [-0.39, 0.29) is 5.92 Å². The van der Waals surface area contributed by atoms with Crippen molar-refractivity contribution in [3.8, 4) is 0 Å². The number of carboxylic acid groups (broad SMARTS) is 1. The summed E-state index contributed by atoms with van der Waals surface area (Å²) < 4.78 is 0. The molecule has 0 aromatic rings. The summed E-state index contributed by atoms with van der Waals surface area (Å²) in [7, 11) is 0. The van der Waals surface area contributed by atoms with Crippen molar-refractivity contribution >= 4 is 21.2 Å². The van der Waals surface area contributed by atoms with Gasteiger partial charge in [-0.05, 0) is 0 Å². The lowest BCUT2D eigenvalue weighted by Crippen LogP contribution is -2.03. The van der Waals surface area contributed by atoms with Crippen molar-refractivity contribution in [1.82, 2.24) is 0 Å². The zero-order chi connectivity index (χ0) is 12.4. The predicted octanol–water partition coefficient (Wildman–Crippen LogP) is 3.30. The first-order chi connectivity index (χ1) is 6.77. The van der Waals surface area contributed by atoms with Crippen molar-refractivity contribution in [3.63, 3.8) is 0 Å². The molecule has 0 aliphatic heterocycles. The van der Waals surface area contributed by atoms with Gasteiger partial charge in [0.1, 0.15) is 0 Å². The van der Waals surface area contributed by atoms with E-state index in [1.165, 1.54) is 10.6 Å². The van der Waals surface area contributed by atoms with E-state index in [4.69, 9.17) is 5.11 Å². The van der Waals surface area contributed by atoms with Gasteiger partial charge in [-0.1, -0.05) is 63.9 Å². The maximum absolute atomic E-state index is 9.70. The molecule has 0 atom stereocenters. The molecular formula is C12H27AlO2. The molecule has 0 aliphatic carbocycles. The van der Waals surface area contributed by atoms with Crippen LogP contribution in [0.15, 0.2) is 0 Å². The van der Waals surface area contributed by atoms with Gasteiger partial charge in [-0.2, -0.15) is 0 Å². The third kappa shape index (κ3) is 20.2. The van der Waals surface area contributed by atoms with E-state index in [0.29, 0.717) is 15.2 Å². The zero-order valence-electron chi connectivity index (χ0n) is 11.2. The Morgan fingerprint density at radius 3 is 1.40 bits per heavy atom. The van der Waals surface area contributed by atoms with Crippen LogP contribution < -0.4 is 0 Å². The van der Waals surface area contributed by atoms with Crippen LogP contribution in [-0.2, 0) is 4.79 Å². The Bertz CT molecular complexity index is 146. The van der Waals surface area contributed by atoms with Crippen LogP contribution in [0.5, 0.6) is 0 Å².